The van der Waals surface area contributed by atoms with Gasteiger partial charge in [-0.3, -0.25) is 4.79 Å². The lowest BCUT2D eigenvalue weighted by Crippen LogP contribution is -2.53. The van der Waals surface area contributed by atoms with Crippen molar-refractivity contribution in [3.05, 3.63) is 29.6 Å². The molecule has 1 aromatic rings. The van der Waals surface area contributed by atoms with Crippen molar-refractivity contribution in [3.63, 3.8) is 0 Å². The molecule has 7 nitrogen and oxygen atoms in total. The Morgan fingerprint density at radius 1 is 1.32 bits per heavy atom. The molecular weight excluding hydrogens is 358 g/mol. The van der Waals surface area contributed by atoms with Gasteiger partial charge in [-0.1, -0.05) is 18.9 Å². The summed E-state index contributed by atoms with van der Waals surface area (Å²) in [6.45, 7) is 1.69. The fraction of sp³-hybridized carbons (Fsp3) is 0.667. The van der Waals surface area contributed by atoms with E-state index in [1.807, 2.05) is 19.1 Å². The largest absolute Gasteiger partial charge is 0.447 e. The monoisotopic (exact) mass is 387 g/mol. The summed E-state index contributed by atoms with van der Waals surface area (Å²) in [6.07, 6.45) is 6.29. The Morgan fingerprint density at radius 3 is 2.96 bits per heavy atom. The number of hydrogen-bond acceptors (Lipinski definition) is 5. The highest BCUT2D eigenvalue weighted by Gasteiger charge is 2.60. The lowest BCUT2D eigenvalue weighted by molar-refractivity contribution is 0.0855. The van der Waals surface area contributed by atoms with Crippen LogP contribution >= 0.6 is 0 Å². The second-order valence-corrected chi connectivity index (χ2v) is 8.82. The van der Waals surface area contributed by atoms with Crippen LogP contribution in [0, 0.1) is 18.8 Å². The molecule has 1 aromatic heterocycles. The van der Waals surface area contributed by atoms with Gasteiger partial charge in [-0.2, -0.15) is 0 Å². The number of hydrogen-bond donors (Lipinski definition) is 3. The van der Waals surface area contributed by atoms with Crippen LogP contribution in [0.1, 0.15) is 61.1 Å². The Balaban J connectivity index is 1.56. The number of nitrogens with zero attached hydrogens (tertiary/aromatic N) is 1. The van der Waals surface area contributed by atoms with Gasteiger partial charge in [-0.15, -0.1) is 0 Å². The molecule has 3 saturated carbocycles. The van der Waals surface area contributed by atoms with Crippen molar-refractivity contribution in [2.75, 3.05) is 13.2 Å². The fourth-order valence-corrected chi connectivity index (χ4v) is 5.91. The molecule has 1 heterocycles. The van der Waals surface area contributed by atoms with Crippen molar-refractivity contribution in [1.82, 2.24) is 15.6 Å². The third-order valence-corrected chi connectivity index (χ3v) is 6.78. The van der Waals surface area contributed by atoms with Crippen LogP contribution in [-0.2, 0) is 4.74 Å². The number of alkyl carbamates (subject to hydrolysis) is 1. The number of carbonyl (C=O) groups excluding carboxylic acids is 2. The zero-order chi connectivity index (χ0) is 19.8. The van der Waals surface area contributed by atoms with Crippen molar-refractivity contribution >= 4 is 12.0 Å². The number of aliphatic hydroxyl groups is 1. The quantitative estimate of drug-likeness (QED) is 0.720. The number of pyridine rings is 1. The molecule has 2 amide bonds. The van der Waals surface area contributed by atoms with E-state index >= 15 is 0 Å². The third-order valence-electron chi connectivity index (χ3n) is 6.78. The number of aryl methyl sites for hydroxylation is 1. The molecule has 3 bridgehead atoms. The van der Waals surface area contributed by atoms with Crippen LogP contribution in [0.2, 0.25) is 0 Å². The van der Waals surface area contributed by atoms with Crippen molar-refractivity contribution in [2.45, 2.75) is 62.9 Å². The minimum Gasteiger partial charge on any atom is -0.447 e. The summed E-state index contributed by atoms with van der Waals surface area (Å²) < 4.78 is 5.06. The zero-order valence-electron chi connectivity index (χ0n) is 16.4. The number of ether oxygens (including phenoxy) is 1. The molecule has 3 aliphatic rings. The van der Waals surface area contributed by atoms with E-state index in [-0.39, 0.29) is 30.2 Å². The first-order valence-electron chi connectivity index (χ1n) is 10.3. The van der Waals surface area contributed by atoms with Crippen molar-refractivity contribution in [1.29, 1.82) is 0 Å². The van der Waals surface area contributed by atoms with E-state index in [0.717, 1.165) is 50.6 Å². The summed E-state index contributed by atoms with van der Waals surface area (Å²) in [4.78, 5) is 29.6. The normalized spacial score (nSPS) is 33.2. The predicted molar refractivity (Wildman–Crippen MR) is 103 cm³/mol. The number of carbonyl (C=O) groups is 2. The Labute approximate surface area is 165 Å². The molecule has 0 saturated heterocycles. The average molecular weight is 387 g/mol. The second kappa shape index (κ2) is 7.35. The third kappa shape index (κ3) is 3.60. The summed E-state index contributed by atoms with van der Waals surface area (Å²) in [7, 11) is 0. The molecule has 0 radical (unpaired) electrons. The highest BCUT2D eigenvalue weighted by Crippen LogP contribution is 2.57. The summed E-state index contributed by atoms with van der Waals surface area (Å²) in [5, 5.41) is 15.3. The Morgan fingerprint density at radius 2 is 2.18 bits per heavy atom. The zero-order valence-corrected chi connectivity index (χ0v) is 16.4. The van der Waals surface area contributed by atoms with Gasteiger partial charge in [0.15, 0.2) is 0 Å². The minimum atomic E-state index is -0.475. The molecule has 4 atom stereocenters. The van der Waals surface area contributed by atoms with Crippen LogP contribution in [0.25, 0.3) is 0 Å². The molecule has 152 valence electrons. The van der Waals surface area contributed by atoms with E-state index in [4.69, 9.17) is 9.84 Å². The Hall–Kier alpha value is -2.15. The van der Waals surface area contributed by atoms with E-state index in [1.54, 1.807) is 6.07 Å². The van der Waals surface area contributed by atoms with Gasteiger partial charge < -0.3 is 20.5 Å². The fourth-order valence-electron chi connectivity index (χ4n) is 5.91. The second-order valence-electron chi connectivity index (χ2n) is 8.82. The summed E-state index contributed by atoms with van der Waals surface area (Å²) in [5.41, 5.74) is 0.619. The topological polar surface area (TPSA) is 101 Å². The molecule has 3 N–H and O–H groups in total. The lowest BCUT2D eigenvalue weighted by atomic mass is 9.75. The Kier molecular flexibility index (Phi) is 5.04. The van der Waals surface area contributed by atoms with E-state index in [0.29, 0.717) is 17.5 Å². The number of aromatic nitrogens is 1. The molecule has 7 heteroatoms. The summed E-state index contributed by atoms with van der Waals surface area (Å²) in [5.74, 6) is 0.781. The van der Waals surface area contributed by atoms with Gasteiger partial charge in [0.05, 0.1) is 6.61 Å². The summed E-state index contributed by atoms with van der Waals surface area (Å²) in [6, 6.07) is 5.48. The van der Waals surface area contributed by atoms with Crippen LogP contribution in [-0.4, -0.2) is 46.4 Å². The molecule has 3 fully saturated rings. The number of nitrogens with one attached hydrogen (secondary N) is 2. The van der Waals surface area contributed by atoms with E-state index in [9.17, 15) is 9.59 Å². The Bertz CT molecular complexity index is 770. The van der Waals surface area contributed by atoms with Crippen molar-refractivity contribution in [3.8, 4) is 0 Å². The van der Waals surface area contributed by atoms with Gasteiger partial charge >= 0.3 is 6.09 Å². The molecule has 3 aliphatic carbocycles. The first kappa shape index (κ1) is 19.2. The van der Waals surface area contributed by atoms with Crippen LogP contribution in [0.15, 0.2) is 18.2 Å². The van der Waals surface area contributed by atoms with Crippen LogP contribution in [0.5, 0.6) is 0 Å². The first-order chi connectivity index (χ1) is 13.4. The minimum absolute atomic E-state index is 0.00429. The van der Waals surface area contributed by atoms with Crippen LogP contribution in [0.3, 0.4) is 0 Å². The SMILES string of the molecule is Cc1cccc(C(=O)NC23CCCC4CC2CC(NC(=O)OCCO)(C4)C3)n1. The maximum atomic E-state index is 13.0. The first-order valence-corrected chi connectivity index (χ1v) is 10.3. The molecule has 4 unspecified atom stereocenters. The highest BCUT2D eigenvalue weighted by molar-refractivity contribution is 5.93. The van der Waals surface area contributed by atoms with E-state index in [2.05, 4.69) is 15.6 Å². The van der Waals surface area contributed by atoms with E-state index in [1.165, 1.54) is 0 Å². The summed E-state index contributed by atoms with van der Waals surface area (Å²) >= 11 is 0. The van der Waals surface area contributed by atoms with Gasteiger partial charge in [-0.05, 0) is 63.0 Å². The van der Waals surface area contributed by atoms with Crippen LogP contribution in [0.4, 0.5) is 4.79 Å². The van der Waals surface area contributed by atoms with Crippen molar-refractivity contribution < 1.29 is 19.4 Å². The van der Waals surface area contributed by atoms with Gasteiger partial charge in [-0.25, -0.2) is 9.78 Å². The molecule has 4 rings (SSSR count). The molecular formula is C21H29N3O4. The maximum absolute atomic E-state index is 13.0. The number of fused-ring (bicyclic) bond motifs is 2. The van der Waals surface area contributed by atoms with Gasteiger partial charge in [0, 0.05) is 16.8 Å². The number of aliphatic hydroxyl groups excluding tert-OH is 1. The average Bonchev–Trinajstić information content (AvgIpc) is 2.77. The molecule has 0 spiro atoms. The van der Waals surface area contributed by atoms with Gasteiger partial charge in [0.25, 0.3) is 5.91 Å². The van der Waals surface area contributed by atoms with Gasteiger partial charge in [0.1, 0.15) is 12.3 Å². The van der Waals surface area contributed by atoms with Crippen molar-refractivity contribution in [2.24, 2.45) is 11.8 Å². The predicted octanol–water partition coefficient (Wildman–Crippen LogP) is 2.32. The van der Waals surface area contributed by atoms with E-state index < -0.39 is 6.09 Å². The molecule has 0 aliphatic heterocycles. The molecule has 0 aromatic carbocycles. The van der Waals surface area contributed by atoms with Gasteiger partial charge in [0.2, 0.25) is 0 Å². The number of rotatable bonds is 5. The molecule has 28 heavy (non-hydrogen) atoms. The van der Waals surface area contributed by atoms with Crippen LogP contribution < -0.4 is 10.6 Å². The highest BCUT2D eigenvalue weighted by atomic mass is 16.6. The standard InChI is InChI=1S/C21H29N3O4/c1-14-4-2-6-17(22-14)18(26)23-21-7-3-5-15-10-16(21)12-20(11-15,13-21)24-19(27)28-9-8-25/h2,4,6,15-16,25H,3,5,7-13H2,1H3,(H,23,26)(H,24,27). The smallest absolute Gasteiger partial charge is 0.407 e. The number of amides is 2. The lowest BCUT2D eigenvalue weighted by Gasteiger charge is -2.38. The maximum Gasteiger partial charge on any atom is 0.407 e.